The van der Waals surface area contributed by atoms with Gasteiger partial charge >= 0.3 is 0 Å². The number of nitrogens with zero attached hydrogens (tertiary/aromatic N) is 2. The molecule has 174 valence electrons. The molecule has 0 unspecified atom stereocenters. The van der Waals surface area contributed by atoms with Crippen LogP contribution in [0, 0.1) is 0 Å². The molecule has 0 spiro atoms. The first-order chi connectivity index (χ1) is 16.3. The summed E-state index contributed by atoms with van der Waals surface area (Å²) < 4.78 is 30.1. The van der Waals surface area contributed by atoms with Gasteiger partial charge in [0.25, 0.3) is 5.91 Å². The lowest BCUT2D eigenvalue weighted by molar-refractivity contribution is 0.0955. The summed E-state index contributed by atoms with van der Waals surface area (Å²) in [6.45, 7) is 0.441. The van der Waals surface area contributed by atoms with Gasteiger partial charge in [0.15, 0.2) is 0 Å². The number of rotatable bonds is 8. The van der Waals surface area contributed by atoms with Crippen molar-refractivity contribution in [1.29, 1.82) is 0 Å². The lowest BCUT2D eigenvalue weighted by Gasteiger charge is -2.10. The van der Waals surface area contributed by atoms with E-state index in [1.165, 1.54) is 0 Å². The quantitative estimate of drug-likeness (QED) is 0.153. The van der Waals surface area contributed by atoms with Crippen LogP contribution < -0.4 is 20.7 Å². The molecule has 2 aromatic carbocycles. The Labute approximate surface area is 197 Å². The van der Waals surface area contributed by atoms with Crippen molar-refractivity contribution in [3.63, 3.8) is 0 Å². The number of sulfonamides is 1. The summed E-state index contributed by atoms with van der Waals surface area (Å²) in [6.07, 6.45) is 4.33. The van der Waals surface area contributed by atoms with Crippen LogP contribution in [0.5, 0.6) is 5.75 Å². The highest BCUT2D eigenvalue weighted by Crippen LogP contribution is 2.28. The van der Waals surface area contributed by atoms with E-state index in [1.807, 2.05) is 48.5 Å². The maximum Gasteiger partial charge on any atom is 0.265 e. The Kier molecular flexibility index (Phi) is 6.82. The Morgan fingerprint density at radius 3 is 2.29 bits per heavy atom. The van der Waals surface area contributed by atoms with E-state index in [-0.39, 0.29) is 13.2 Å². The Bertz CT molecular complexity index is 1420. The summed E-state index contributed by atoms with van der Waals surface area (Å²) >= 11 is 0. The Morgan fingerprint density at radius 1 is 1.00 bits per heavy atom. The fourth-order valence-corrected chi connectivity index (χ4v) is 3.91. The van der Waals surface area contributed by atoms with E-state index in [9.17, 15) is 13.2 Å². The SMILES string of the molecule is CS(=O)(=O)NCCOc1ccc(-c2ccc(-c3cc(C(=O)NN)c4cnccc4n3)cc2)cc1. The minimum atomic E-state index is -3.23. The highest BCUT2D eigenvalue weighted by molar-refractivity contribution is 7.88. The van der Waals surface area contributed by atoms with E-state index in [0.717, 1.165) is 22.9 Å². The minimum absolute atomic E-state index is 0.204. The van der Waals surface area contributed by atoms with E-state index < -0.39 is 15.9 Å². The summed E-state index contributed by atoms with van der Waals surface area (Å²) in [5, 5.41) is 0.625. The normalized spacial score (nSPS) is 11.4. The van der Waals surface area contributed by atoms with Crippen LogP contribution in [-0.2, 0) is 10.0 Å². The zero-order valence-corrected chi connectivity index (χ0v) is 19.2. The molecule has 0 saturated carbocycles. The Morgan fingerprint density at radius 2 is 1.65 bits per heavy atom. The number of pyridine rings is 2. The second kappa shape index (κ2) is 9.96. The number of hydrogen-bond acceptors (Lipinski definition) is 7. The molecular weight excluding hydrogens is 454 g/mol. The largest absolute Gasteiger partial charge is 0.492 e. The van der Waals surface area contributed by atoms with Crippen molar-refractivity contribution in [2.24, 2.45) is 5.84 Å². The van der Waals surface area contributed by atoms with E-state index in [0.29, 0.717) is 27.9 Å². The molecule has 10 heteroatoms. The van der Waals surface area contributed by atoms with Crippen molar-refractivity contribution in [3.8, 4) is 28.1 Å². The number of ether oxygens (including phenoxy) is 1. The van der Waals surface area contributed by atoms with Gasteiger partial charge in [-0.3, -0.25) is 15.2 Å². The van der Waals surface area contributed by atoms with Gasteiger partial charge in [-0.2, -0.15) is 0 Å². The molecule has 4 rings (SSSR count). The van der Waals surface area contributed by atoms with Gasteiger partial charge in [-0.25, -0.2) is 24.0 Å². The maximum absolute atomic E-state index is 12.3. The monoisotopic (exact) mass is 477 g/mol. The van der Waals surface area contributed by atoms with E-state index >= 15 is 0 Å². The molecule has 0 aliphatic heterocycles. The molecule has 0 atom stereocenters. The van der Waals surface area contributed by atoms with Gasteiger partial charge in [-0.1, -0.05) is 36.4 Å². The first-order valence-corrected chi connectivity index (χ1v) is 12.3. The molecule has 0 bridgehead atoms. The average Bonchev–Trinajstić information content (AvgIpc) is 2.85. The standard InChI is InChI=1S/C24H23N5O4S/c1-34(31,32)27-12-13-33-19-8-6-17(7-9-19)16-2-4-18(5-3-16)23-14-20(24(30)29-25)21-15-26-11-10-22(21)28-23/h2-11,14-15,27H,12-13,25H2,1H3,(H,29,30). The number of nitrogen functional groups attached to an aromatic ring is 1. The first-order valence-electron chi connectivity index (χ1n) is 10.4. The third-order valence-electron chi connectivity index (χ3n) is 5.09. The molecule has 0 fully saturated rings. The van der Waals surface area contributed by atoms with Crippen LogP contribution in [0.15, 0.2) is 73.1 Å². The van der Waals surface area contributed by atoms with Crippen molar-refractivity contribution < 1.29 is 17.9 Å². The number of amides is 1. The summed E-state index contributed by atoms with van der Waals surface area (Å²) in [7, 11) is -3.23. The zero-order valence-electron chi connectivity index (χ0n) is 18.4. The number of hydrogen-bond donors (Lipinski definition) is 3. The Balaban J connectivity index is 1.51. The van der Waals surface area contributed by atoms with Crippen molar-refractivity contribution in [3.05, 3.63) is 78.6 Å². The number of fused-ring (bicyclic) bond motifs is 1. The summed E-state index contributed by atoms with van der Waals surface area (Å²) in [4.78, 5) is 21.0. The van der Waals surface area contributed by atoms with Crippen molar-refractivity contribution in [1.82, 2.24) is 20.1 Å². The molecular formula is C24H23N5O4S. The van der Waals surface area contributed by atoms with Crippen LogP contribution in [0.4, 0.5) is 0 Å². The molecule has 2 aromatic heterocycles. The molecule has 0 aliphatic carbocycles. The molecule has 34 heavy (non-hydrogen) atoms. The molecule has 0 saturated heterocycles. The first kappa shape index (κ1) is 23.3. The molecule has 0 aliphatic rings. The van der Waals surface area contributed by atoms with Crippen molar-refractivity contribution in [2.75, 3.05) is 19.4 Å². The lowest BCUT2D eigenvalue weighted by Crippen LogP contribution is -2.30. The number of nitrogens with two attached hydrogens (primary N) is 1. The van der Waals surface area contributed by atoms with Crippen LogP contribution >= 0.6 is 0 Å². The predicted octanol–water partition coefficient (Wildman–Crippen LogP) is 2.50. The Hall–Kier alpha value is -3.86. The highest BCUT2D eigenvalue weighted by Gasteiger charge is 2.13. The van der Waals surface area contributed by atoms with Gasteiger partial charge in [-0.15, -0.1) is 0 Å². The maximum atomic E-state index is 12.3. The molecule has 1 amide bonds. The fraction of sp³-hybridized carbons (Fsp3) is 0.125. The van der Waals surface area contributed by atoms with Crippen LogP contribution in [0.3, 0.4) is 0 Å². The number of carbonyl (C=O) groups is 1. The highest BCUT2D eigenvalue weighted by atomic mass is 32.2. The van der Waals surface area contributed by atoms with Crippen LogP contribution in [0.2, 0.25) is 0 Å². The second-order valence-electron chi connectivity index (χ2n) is 7.54. The summed E-state index contributed by atoms with van der Waals surface area (Å²) in [5.74, 6) is 5.59. The second-order valence-corrected chi connectivity index (χ2v) is 9.37. The van der Waals surface area contributed by atoms with Gasteiger partial charge in [0.1, 0.15) is 12.4 Å². The third kappa shape index (κ3) is 5.54. The van der Waals surface area contributed by atoms with Gasteiger partial charge < -0.3 is 4.74 Å². The van der Waals surface area contributed by atoms with Gasteiger partial charge in [0.2, 0.25) is 10.0 Å². The number of carbonyl (C=O) groups excluding carboxylic acids is 1. The van der Waals surface area contributed by atoms with Gasteiger partial charge in [0, 0.05) is 29.9 Å². The van der Waals surface area contributed by atoms with Crippen molar-refractivity contribution >= 4 is 26.8 Å². The smallest absolute Gasteiger partial charge is 0.265 e. The number of hydrazine groups is 1. The van der Waals surface area contributed by atoms with Gasteiger partial charge in [0.05, 0.1) is 23.0 Å². The van der Waals surface area contributed by atoms with Crippen LogP contribution in [0.25, 0.3) is 33.3 Å². The molecule has 4 N–H and O–H groups in total. The molecule has 9 nitrogen and oxygen atoms in total. The zero-order chi connectivity index (χ0) is 24.1. The van der Waals surface area contributed by atoms with E-state index in [1.54, 1.807) is 24.5 Å². The van der Waals surface area contributed by atoms with Crippen LogP contribution in [-0.4, -0.2) is 43.7 Å². The minimum Gasteiger partial charge on any atom is -0.492 e. The summed E-state index contributed by atoms with van der Waals surface area (Å²) in [6, 6.07) is 18.8. The predicted molar refractivity (Wildman–Crippen MR) is 130 cm³/mol. The van der Waals surface area contributed by atoms with Gasteiger partial charge in [-0.05, 0) is 35.4 Å². The molecule has 2 heterocycles. The third-order valence-corrected chi connectivity index (χ3v) is 5.82. The fourth-order valence-electron chi connectivity index (χ4n) is 3.46. The topological polar surface area (TPSA) is 136 Å². The van der Waals surface area contributed by atoms with Crippen molar-refractivity contribution in [2.45, 2.75) is 0 Å². The molecule has 4 aromatic rings. The number of aromatic nitrogens is 2. The number of benzene rings is 2. The number of nitrogens with one attached hydrogen (secondary N) is 2. The van der Waals surface area contributed by atoms with E-state index in [4.69, 9.17) is 10.6 Å². The summed E-state index contributed by atoms with van der Waals surface area (Å²) in [5.41, 5.74) is 6.73. The lowest BCUT2D eigenvalue weighted by atomic mass is 10.0. The van der Waals surface area contributed by atoms with Crippen LogP contribution in [0.1, 0.15) is 10.4 Å². The molecule has 0 radical (unpaired) electrons. The van der Waals surface area contributed by atoms with E-state index in [2.05, 4.69) is 20.1 Å². The average molecular weight is 478 g/mol.